The second kappa shape index (κ2) is 7.85. The van der Waals surface area contributed by atoms with Gasteiger partial charge in [-0.25, -0.2) is 9.79 Å². The van der Waals surface area contributed by atoms with Gasteiger partial charge in [0, 0.05) is 11.1 Å². The third kappa shape index (κ3) is 3.50. The van der Waals surface area contributed by atoms with Gasteiger partial charge in [0.05, 0.1) is 6.10 Å². The minimum atomic E-state index is -0.727. The SMILES string of the molecule is CC[C@H](C)OC(=O)[C@@H]1N=C(c2ccccc2)O[C@@H]1c1cccc2ccccc12. The molecule has 0 radical (unpaired) electrons. The van der Waals surface area contributed by atoms with Crippen molar-refractivity contribution in [2.24, 2.45) is 4.99 Å². The van der Waals surface area contributed by atoms with Crippen molar-refractivity contribution in [1.29, 1.82) is 0 Å². The number of carbonyl (C=O) groups is 1. The highest BCUT2D eigenvalue weighted by Crippen LogP contribution is 2.36. The van der Waals surface area contributed by atoms with E-state index in [-0.39, 0.29) is 12.1 Å². The molecule has 1 aliphatic rings. The number of esters is 1. The second-order valence-electron chi connectivity index (χ2n) is 7.01. The van der Waals surface area contributed by atoms with Crippen molar-refractivity contribution >= 4 is 22.6 Å². The molecule has 4 heteroatoms. The van der Waals surface area contributed by atoms with E-state index in [4.69, 9.17) is 9.47 Å². The predicted octanol–water partition coefficient (Wildman–Crippen LogP) is 5.07. The molecule has 3 aromatic carbocycles. The van der Waals surface area contributed by atoms with Crippen LogP contribution >= 0.6 is 0 Å². The van der Waals surface area contributed by atoms with E-state index in [1.165, 1.54) is 0 Å². The highest BCUT2D eigenvalue weighted by atomic mass is 16.6. The summed E-state index contributed by atoms with van der Waals surface area (Å²) in [5.74, 6) is 0.128. The molecule has 0 spiro atoms. The summed E-state index contributed by atoms with van der Waals surface area (Å²) in [6.07, 6.45) is 0.0857. The highest BCUT2D eigenvalue weighted by Gasteiger charge is 2.40. The van der Waals surface area contributed by atoms with Crippen LogP contribution in [-0.2, 0) is 14.3 Å². The zero-order chi connectivity index (χ0) is 19.5. The molecular weight excluding hydrogens is 350 g/mol. The van der Waals surface area contributed by atoms with Crippen molar-refractivity contribution in [2.45, 2.75) is 38.5 Å². The summed E-state index contributed by atoms with van der Waals surface area (Å²) in [5, 5.41) is 2.16. The number of fused-ring (bicyclic) bond motifs is 1. The van der Waals surface area contributed by atoms with Gasteiger partial charge in [-0.2, -0.15) is 0 Å². The molecule has 3 atom stereocenters. The number of aliphatic imine (C=N–C) groups is 1. The van der Waals surface area contributed by atoms with Crippen LogP contribution in [0.5, 0.6) is 0 Å². The van der Waals surface area contributed by atoms with Gasteiger partial charge in [-0.1, -0.05) is 67.6 Å². The number of ether oxygens (including phenoxy) is 2. The van der Waals surface area contributed by atoms with Crippen LogP contribution in [0.2, 0.25) is 0 Å². The van der Waals surface area contributed by atoms with E-state index in [0.29, 0.717) is 5.90 Å². The number of carbonyl (C=O) groups excluding carboxylic acids is 1. The maximum atomic E-state index is 12.9. The van der Waals surface area contributed by atoms with E-state index in [2.05, 4.69) is 17.1 Å². The lowest BCUT2D eigenvalue weighted by atomic mass is 9.96. The normalized spacial score (nSPS) is 19.7. The van der Waals surface area contributed by atoms with Crippen LogP contribution in [0.1, 0.15) is 37.5 Å². The number of hydrogen-bond acceptors (Lipinski definition) is 4. The Hall–Kier alpha value is -3.14. The van der Waals surface area contributed by atoms with E-state index in [1.807, 2.05) is 74.5 Å². The van der Waals surface area contributed by atoms with Crippen LogP contribution in [0.15, 0.2) is 77.8 Å². The average molecular weight is 373 g/mol. The van der Waals surface area contributed by atoms with Crippen molar-refractivity contribution in [3.8, 4) is 0 Å². The fourth-order valence-corrected chi connectivity index (χ4v) is 3.39. The van der Waals surface area contributed by atoms with Gasteiger partial charge in [-0.05, 0) is 36.2 Å². The minimum absolute atomic E-state index is 0.156. The van der Waals surface area contributed by atoms with Crippen molar-refractivity contribution in [1.82, 2.24) is 0 Å². The first kappa shape index (κ1) is 18.2. The molecule has 0 aliphatic carbocycles. The number of benzene rings is 3. The molecule has 0 aromatic heterocycles. The van der Waals surface area contributed by atoms with Crippen LogP contribution in [0.3, 0.4) is 0 Å². The topological polar surface area (TPSA) is 47.9 Å². The molecule has 0 saturated heterocycles. The Labute approximate surface area is 164 Å². The first-order valence-corrected chi connectivity index (χ1v) is 9.65. The van der Waals surface area contributed by atoms with Crippen molar-refractivity contribution < 1.29 is 14.3 Å². The van der Waals surface area contributed by atoms with E-state index >= 15 is 0 Å². The Bertz CT molecular complexity index is 1010. The van der Waals surface area contributed by atoms with Crippen molar-refractivity contribution in [3.63, 3.8) is 0 Å². The van der Waals surface area contributed by atoms with Crippen LogP contribution in [0, 0.1) is 0 Å². The smallest absolute Gasteiger partial charge is 0.335 e. The van der Waals surface area contributed by atoms with Gasteiger partial charge in [0.2, 0.25) is 5.90 Å². The summed E-state index contributed by atoms with van der Waals surface area (Å²) in [6, 6.07) is 23.1. The quantitative estimate of drug-likeness (QED) is 0.587. The zero-order valence-corrected chi connectivity index (χ0v) is 16.0. The van der Waals surface area contributed by atoms with Crippen LogP contribution < -0.4 is 0 Å². The van der Waals surface area contributed by atoms with Crippen LogP contribution in [0.4, 0.5) is 0 Å². The Morgan fingerprint density at radius 1 is 1.04 bits per heavy atom. The van der Waals surface area contributed by atoms with E-state index < -0.39 is 12.1 Å². The first-order valence-electron chi connectivity index (χ1n) is 9.65. The van der Waals surface area contributed by atoms with Gasteiger partial charge < -0.3 is 9.47 Å². The molecule has 4 nitrogen and oxygen atoms in total. The number of nitrogens with zero attached hydrogens (tertiary/aromatic N) is 1. The Morgan fingerprint density at radius 3 is 2.54 bits per heavy atom. The van der Waals surface area contributed by atoms with Gasteiger partial charge in [-0.15, -0.1) is 0 Å². The largest absolute Gasteiger partial charge is 0.466 e. The number of rotatable bonds is 5. The molecule has 0 amide bonds. The maximum absolute atomic E-state index is 12.9. The highest BCUT2D eigenvalue weighted by molar-refractivity contribution is 5.99. The van der Waals surface area contributed by atoms with Crippen LogP contribution in [0.25, 0.3) is 10.8 Å². The second-order valence-corrected chi connectivity index (χ2v) is 7.01. The molecule has 0 saturated carbocycles. The summed E-state index contributed by atoms with van der Waals surface area (Å²) >= 11 is 0. The maximum Gasteiger partial charge on any atom is 0.335 e. The Morgan fingerprint density at radius 2 is 1.75 bits per heavy atom. The number of hydrogen-bond donors (Lipinski definition) is 0. The fourth-order valence-electron chi connectivity index (χ4n) is 3.39. The molecule has 28 heavy (non-hydrogen) atoms. The summed E-state index contributed by atoms with van der Waals surface area (Å²) in [7, 11) is 0. The molecular formula is C24H23NO3. The molecule has 0 N–H and O–H groups in total. The molecule has 142 valence electrons. The van der Waals surface area contributed by atoms with E-state index in [0.717, 1.165) is 28.3 Å². The van der Waals surface area contributed by atoms with Gasteiger partial charge in [0.15, 0.2) is 12.1 Å². The third-order valence-corrected chi connectivity index (χ3v) is 5.07. The van der Waals surface area contributed by atoms with Gasteiger partial charge >= 0.3 is 5.97 Å². The monoisotopic (exact) mass is 373 g/mol. The summed E-state index contributed by atoms with van der Waals surface area (Å²) < 4.78 is 11.8. The van der Waals surface area contributed by atoms with Crippen molar-refractivity contribution in [3.05, 3.63) is 83.9 Å². The molecule has 3 aromatic rings. The fraction of sp³-hybridized carbons (Fsp3) is 0.250. The average Bonchev–Trinajstić information content (AvgIpc) is 3.19. The van der Waals surface area contributed by atoms with Gasteiger partial charge in [0.1, 0.15) is 0 Å². The summed E-state index contributed by atoms with van der Waals surface area (Å²) in [6.45, 7) is 3.88. The molecule has 1 aliphatic heterocycles. The molecule has 0 bridgehead atoms. The minimum Gasteiger partial charge on any atom is -0.466 e. The van der Waals surface area contributed by atoms with E-state index in [9.17, 15) is 4.79 Å². The Kier molecular flexibility index (Phi) is 5.11. The lowest BCUT2D eigenvalue weighted by Crippen LogP contribution is -2.29. The standard InChI is InChI=1S/C24H23NO3/c1-3-16(2)27-24(26)21-22(28-23(25-21)18-11-5-4-6-12-18)20-15-9-13-17-10-7-8-14-19(17)20/h4-16,21-22H,3H2,1-2H3/t16-,21+,22+/m0/s1. The van der Waals surface area contributed by atoms with Crippen LogP contribution in [-0.4, -0.2) is 24.0 Å². The zero-order valence-electron chi connectivity index (χ0n) is 16.0. The van der Waals surface area contributed by atoms with Crippen molar-refractivity contribution in [2.75, 3.05) is 0 Å². The first-order chi connectivity index (χ1) is 13.7. The molecule has 1 heterocycles. The van der Waals surface area contributed by atoms with Gasteiger partial charge in [-0.3, -0.25) is 0 Å². The lowest BCUT2D eigenvalue weighted by Gasteiger charge is -2.20. The molecule has 0 unspecified atom stereocenters. The Balaban J connectivity index is 1.75. The summed E-state index contributed by atoms with van der Waals surface area (Å²) in [5.41, 5.74) is 1.80. The third-order valence-electron chi connectivity index (χ3n) is 5.07. The lowest BCUT2D eigenvalue weighted by molar-refractivity contribution is -0.151. The molecule has 0 fully saturated rings. The van der Waals surface area contributed by atoms with Gasteiger partial charge in [0.25, 0.3) is 0 Å². The summed E-state index contributed by atoms with van der Waals surface area (Å²) in [4.78, 5) is 17.5. The predicted molar refractivity (Wildman–Crippen MR) is 110 cm³/mol. The van der Waals surface area contributed by atoms with E-state index in [1.54, 1.807) is 0 Å². The molecule has 4 rings (SSSR count).